The van der Waals surface area contributed by atoms with E-state index >= 15 is 0 Å². The molecule has 1 heterocycles. The number of hydrogen-bond donors (Lipinski definition) is 2. The molecule has 98 valence electrons. The third-order valence-electron chi connectivity index (χ3n) is 1.83. The van der Waals surface area contributed by atoms with E-state index < -0.39 is 5.91 Å². The number of halogens is 2. The minimum absolute atomic E-state index is 0.119. The Bertz CT molecular complexity index is 456. The van der Waals surface area contributed by atoms with Gasteiger partial charge in [-0.25, -0.2) is 4.98 Å². The van der Waals surface area contributed by atoms with Gasteiger partial charge in [0.25, 0.3) is 5.91 Å². The molecule has 1 aromatic heterocycles. The third kappa shape index (κ3) is 4.99. The monoisotopic (exact) mass is 335 g/mol. The molecule has 6 nitrogen and oxygen atoms in total. The second kappa shape index (κ2) is 7.30. The van der Waals surface area contributed by atoms with E-state index in [1.807, 2.05) is 0 Å². The number of carbonyl (C=O) groups is 2. The lowest BCUT2D eigenvalue weighted by Crippen LogP contribution is -2.29. The Kier molecular flexibility index (Phi) is 6.03. The van der Waals surface area contributed by atoms with E-state index in [1.165, 1.54) is 6.20 Å². The van der Waals surface area contributed by atoms with Crippen LogP contribution in [0, 0.1) is 0 Å². The Morgan fingerprint density at radius 1 is 1.56 bits per heavy atom. The average molecular weight is 337 g/mol. The molecule has 0 spiro atoms. The van der Waals surface area contributed by atoms with E-state index in [4.69, 9.17) is 22.1 Å². The van der Waals surface area contributed by atoms with Crippen LogP contribution in [-0.2, 0) is 9.53 Å². The lowest BCUT2D eigenvalue weighted by Gasteiger charge is -2.06. The van der Waals surface area contributed by atoms with Crippen molar-refractivity contribution < 1.29 is 14.3 Å². The third-order valence-corrected chi connectivity index (χ3v) is 2.56. The van der Waals surface area contributed by atoms with Crippen LogP contribution in [0.1, 0.15) is 10.4 Å². The minimum atomic E-state index is -0.555. The summed E-state index contributed by atoms with van der Waals surface area (Å²) in [6.07, 6.45) is 1.50. The number of aromatic nitrogens is 1. The van der Waals surface area contributed by atoms with E-state index in [0.29, 0.717) is 4.47 Å². The van der Waals surface area contributed by atoms with Gasteiger partial charge in [0, 0.05) is 17.2 Å². The van der Waals surface area contributed by atoms with Crippen LogP contribution in [0.25, 0.3) is 0 Å². The Balaban J connectivity index is 2.41. The molecule has 0 unspecified atom stereocenters. The summed E-state index contributed by atoms with van der Waals surface area (Å²) in [5, 5.41) is 2.70. The van der Waals surface area contributed by atoms with Gasteiger partial charge < -0.3 is 15.8 Å². The highest BCUT2D eigenvalue weighted by Crippen LogP contribution is 2.17. The van der Waals surface area contributed by atoms with Crippen molar-refractivity contribution in [1.29, 1.82) is 0 Å². The van der Waals surface area contributed by atoms with Crippen molar-refractivity contribution in [2.24, 2.45) is 5.73 Å². The number of ether oxygens (including phenoxy) is 1. The minimum Gasteiger partial charge on any atom is -0.370 e. The lowest BCUT2D eigenvalue weighted by molar-refractivity contribution is -0.122. The van der Waals surface area contributed by atoms with E-state index in [1.54, 1.807) is 6.07 Å². The highest BCUT2D eigenvalue weighted by atomic mass is 79.9. The van der Waals surface area contributed by atoms with Crippen molar-refractivity contribution >= 4 is 39.3 Å². The standard InChI is InChI=1S/C10H11BrClN3O3/c11-6-3-7(9(12)15-4-6)10(17)14-1-2-18-5-8(13)16/h3-4H,1-2,5H2,(H2,13,16)(H,14,17). The molecule has 0 aliphatic rings. The molecule has 8 heteroatoms. The molecule has 2 amide bonds. The van der Waals surface area contributed by atoms with Crippen molar-refractivity contribution in [2.75, 3.05) is 19.8 Å². The molecule has 3 N–H and O–H groups in total. The fraction of sp³-hybridized carbons (Fsp3) is 0.300. The van der Waals surface area contributed by atoms with Gasteiger partial charge in [-0.3, -0.25) is 9.59 Å². The van der Waals surface area contributed by atoms with Crippen LogP contribution in [0.2, 0.25) is 5.15 Å². The number of amides is 2. The van der Waals surface area contributed by atoms with Crippen LogP contribution < -0.4 is 11.1 Å². The first-order chi connectivity index (χ1) is 8.50. The number of carbonyl (C=O) groups excluding carboxylic acids is 2. The number of nitrogens with zero attached hydrogens (tertiary/aromatic N) is 1. The van der Waals surface area contributed by atoms with E-state index in [2.05, 4.69) is 26.2 Å². The molecule has 0 saturated carbocycles. The molecule has 0 aliphatic heterocycles. The molecule has 0 aromatic carbocycles. The second-order valence-electron chi connectivity index (χ2n) is 3.27. The normalized spacial score (nSPS) is 10.1. The molecule has 1 rings (SSSR count). The fourth-order valence-corrected chi connectivity index (χ4v) is 1.61. The van der Waals surface area contributed by atoms with Crippen LogP contribution >= 0.6 is 27.5 Å². The first kappa shape index (κ1) is 14.9. The smallest absolute Gasteiger partial charge is 0.254 e. The molecule has 0 radical (unpaired) electrons. The summed E-state index contributed by atoms with van der Waals surface area (Å²) in [5.74, 6) is -0.919. The van der Waals surface area contributed by atoms with Crippen LogP contribution in [0.15, 0.2) is 16.7 Å². The van der Waals surface area contributed by atoms with E-state index in [9.17, 15) is 9.59 Å². The van der Waals surface area contributed by atoms with Gasteiger partial charge >= 0.3 is 0 Å². The quantitative estimate of drug-likeness (QED) is 0.591. The number of primary amides is 1. The van der Waals surface area contributed by atoms with E-state index in [0.717, 1.165) is 0 Å². The molecule has 1 aromatic rings. The molecule has 0 aliphatic carbocycles. The number of nitrogens with two attached hydrogens (primary N) is 1. The fourth-order valence-electron chi connectivity index (χ4n) is 1.09. The number of hydrogen-bond acceptors (Lipinski definition) is 4. The average Bonchev–Trinajstić information content (AvgIpc) is 2.31. The van der Waals surface area contributed by atoms with Gasteiger partial charge in [-0.05, 0) is 22.0 Å². The summed E-state index contributed by atoms with van der Waals surface area (Å²) < 4.78 is 5.54. The summed E-state index contributed by atoms with van der Waals surface area (Å²) in [5.41, 5.74) is 5.14. The van der Waals surface area contributed by atoms with Gasteiger partial charge in [0.1, 0.15) is 11.8 Å². The van der Waals surface area contributed by atoms with E-state index in [-0.39, 0.29) is 36.4 Å². The highest BCUT2D eigenvalue weighted by molar-refractivity contribution is 9.10. The Hall–Kier alpha value is -1.18. The van der Waals surface area contributed by atoms with Crippen LogP contribution in [-0.4, -0.2) is 36.6 Å². The molecular weight excluding hydrogens is 325 g/mol. The maximum absolute atomic E-state index is 11.7. The van der Waals surface area contributed by atoms with Crippen molar-refractivity contribution in [2.45, 2.75) is 0 Å². The Morgan fingerprint density at radius 2 is 2.28 bits per heavy atom. The van der Waals surface area contributed by atoms with Crippen molar-refractivity contribution in [3.8, 4) is 0 Å². The van der Waals surface area contributed by atoms with Gasteiger partial charge in [-0.15, -0.1) is 0 Å². The summed E-state index contributed by atoms with van der Waals surface area (Å²) in [6, 6.07) is 1.56. The van der Waals surface area contributed by atoms with Gasteiger partial charge in [-0.2, -0.15) is 0 Å². The molecule has 0 fully saturated rings. The summed E-state index contributed by atoms with van der Waals surface area (Å²) in [4.78, 5) is 25.9. The van der Waals surface area contributed by atoms with Gasteiger partial charge in [-0.1, -0.05) is 11.6 Å². The predicted molar refractivity (Wildman–Crippen MR) is 69.3 cm³/mol. The first-order valence-corrected chi connectivity index (χ1v) is 6.13. The van der Waals surface area contributed by atoms with Gasteiger partial charge in [0.2, 0.25) is 5.91 Å². The second-order valence-corrected chi connectivity index (χ2v) is 4.54. The van der Waals surface area contributed by atoms with Crippen LogP contribution in [0.4, 0.5) is 0 Å². The molecular formula is C10H11BrClN3O3. The van der Waals surface area contributed by atoms with Crippen LogP contribution in [0.3, 0.4) is 0 Å². The first-order valence-electron chi connectivity index (χ1n) is 4.96. The Morgan fingerprint density at radius 3 is 2.94 bits per heavy atom. The predicted octanol–water partition coefficient (Wildman–Crippen LogP) is 0.729. The zero-order valence-electron chi connectivity index (χ0n) is 9.28. The number of nitrogens with one attached hydrogen (secondary N) is 1. The number of pyridine rings is 1. The zero-order valence-corrected chi connectivity index (χ0v) is 11.6. The molecule has 0 bridgehead atoms. The maximum atomic E-state index is 11.7. The molecule has 0 atom stereocenters. The van der Waals surface area contributed by atoms with Gasteiger partial charge in [0.15, 0.2) is 0 Å². The molecule has 0 saturated heterocycles. The SMILES string of the molecule is NC(=O)COCCNC(=O)c1cc(Br)cnc1Cl. The summed E-state index contributed by atoms with van der Waals surface area (Å²) in [6.45, 7) is 0.262. The van der Waals surface area contributed by atoms with Gasteiger partial charge in [0.05, 0.1) is 12.2 Å². The van der Waals surface area contributed by atoms with Crippen molar-refractivity contribution in [1.82, 2.24) is 10.3 Å². The summed E-state index contributed by atoms with van der Waals surface area (Å²) in [7, 11) is 0. The maximum Gasteiger partial charge on any atom is 0.254 e. The van der Waals surface area contributed by atoms with Crippen molar-refractivity contribution in [3.63, 3.8) is 0 Å². The summed E-state index contributed by atoms with van der Waals surface area (Å²) >= 11 is 8.98. The van der Waals surface area contributed by atoms with Crippen molar-refractivity contribution in [3.05, 3.63) is 27.5 Å². The number of rotatable bonds is 6. The highest BCUT2D eigenvalue weighted by Gasteiger charge is 2.11. The zero-order chi connectivity index (χ0) is 13.5. The topological polar surface area (TPSA) is 94.3 Å². The van der Waals surface area contributed by atoms with Crippen LogP contribution in [0.5, 0.6) is 0 Å². The largest absolute Gasteiger partial charge is 0.370 e. The Labute approximate surface area is 117 Å². The lowest BCUT2D eigenvalue weighted by atomic mass is 10.2. The molecule has 18 heavy (non-hydrogen) atoms.